The average molecular weight is 669 g/mol. The first-order valence-corrected chi connectivity index (χ1v) is 16.8. The minimum absolute atomic E-state index is 0.0861. The predicted molar refractivity (Wildman–Crippen MR) is 183 cm³/mol. The molecule has 9 nitrogen and oxygen atoms in total. The van der Waals surface area contributed by atoms with Gasteiger partial charge >= 0.3 is 0 Å². The van der Waals surface area contributed by atoms with Crippen LogP contribution in [0.1, 0.15) is 63.7 Å². The molecule has 5 heterocycles. The molecule has 0 saturated carbocycles. The number of nitrogens with one attached hydrogen (secondary N) is 1. The summed E-state index contributed by atoms with van der Waals surface area (Å²) in [7, 11) is 0. The normalized spacial score (nSPS) is 17.0. The lowest BCUT2D eigenvalue weighted by molar-refractivity contribution is -0.0592. The largest absolute Gasteiger partial charge is 0.473 e. The average Bonchev–Trinajstić information content (AvgIpc) is 3.38. The van der Waals surface area contributed by atoms with Gasteiger partial charge in [-0.3, -0.25) is 14.7 Å². The van der Waals surface area contributed by atoms with Gasteiger partial charge in [-0.15, -0.1) is 0 Å². The number of aryl methyl sites for hydroxylation is 2. The van der Waals surface area contributed by atoms with Crippen molar-refractivity contribution in [1.82, 2.24) is 24.4 Å². The Hall–Kier alpha value is -4.38. The highest BCUT2D eigenvalue weighted by Gasteiger charge is 2.26. The van der Waals surface area contributed by atoms with E-state index in [0.717, 1.165) is 79.2 Å². The molecule has 0 aliphatic carbocycles. The van der Waals surface area contributed by atoms with Gasteiger partial charge in [0.15, 0.2) is 0 Å². The summed E-state index contributed by atoms with van der Waals surface area (Å²) in [5.41, 5.74) is 6.33. The Morgan fingerprint density at radius 3 is 2.56 bits per heavy atom. The van der Waals surface area contributed by atoms with Crippen LogP contribution < -0.4 is 10.1 Å². The van der Waals surface area contributed by atoms with Gasteiger partial charge < -0.3 is 19.4 Å². The molecule has 248 valence electrons. The minimum atomic E-state index is -0.391. The Balaban J connectivity index is 1.02. The van der Waals surface area contributed by atoms with Crippen LogP contribution in [0.5, 0.6) is 5.88 Å². The van der Waals surface area contributed by atoms with E-state index in [2.05, 4.69) is 19.8 Å². The fraction of sp³-hybridized carbons (Fsp3) is 0.351. The first kappa shape index (κ1) is 32.2. The second-order valence-electron chi connectivity index (χ2n) is 12.7. The number of benzene rings is 2. The summed E-state index contributed by atoms with van der Waals surface area (Å²) in [4.78, 5) is 29.6. The molecule has 1 amide bonds. The molecule has 1 atom stereocenters. The Morgan fingerprint density at radius 2 is 1.83 bits per heavy atom. The van der Waals surface area contributed by atoms with Crippen LogP contribution in [0.15, 0.2) is 67.0 Å². The van der Waals surface area contributed by atoms with Gasteiger partial charge in [-0.1, -0.05) is 23.7 Å². The summed E-state index contributed by atoms with van der Waals surface area (Å²) >= 11 is 5.88. The number of amides is 1. The van der Waals surface area contributed by atoms with Gasteiger partial charge in [0, 0.05) is 58.5 Å². The number of halogens is 2. The predicted octanol–water partition coefficient (Wildman–Crippen LogP) is 7.24. The molecule has 0 bridgehead atoms. The monoisotopic (exact) mass is 668 g/mol. The maximum atomic E-state index is 14.2. The summed E-state index contributed by atoms with van der Waals surface area (Å²) < 4.78 is 28.1. The van der Waals surface area contributed by atoms with Gasteiger partial charge in [-0.25, -0.2) is 14.4 Å². The molecule has 1 N–H and O–H groups in total. The van der Waals surface area contributed by atoms with Crippen LogP contribution in [0, 0.1) is 19.7 Å². The molecule has 2 saturated heterocycles. The molecule has 7 rings (SSSR count). The molecule has 2 fully saturated rings. The van der Waals surface area contributed by atoms with Crippen molar-refractivity contribution in [2.45, 2.75) is 64.8 Å². The number of aromatic nitrogens is 4. The fourth-order valence-electron chi connectivity index (χ4n) is 6.58. The van der Waals surface area contributed by atoms with Gasteiger partial charge in [0.2, 0.25) is 5.88 Å². The number of imidazole rings is 1. The van der Waals surface area contributed by atoms with Gasteiger partial charge in [-0.2, -0.15) is 0 Å². The standard InChI is InChI=1S/C37H38ClFN6O3/c1-23-18-40-19-24(2)36(23)37(46)41-28-8-9-33-32(17-28)42-34(45(33)20-29-12-15-47-29)21-44-13-10-25(11-14-44)31-4-3-5-35(43-31)48-22-26-6-7-27(38)16-30(26)39/h3-9,16-19,25,29H,10-15,20-22H2,1-2H3,(H,41,46). The van der Waals surface area contributed by atoms with Crippen molar-refractivity contribution in [3.05, 3.63) is 112 Å². The number of fused-ring (bicyclic) bond motifs is 1. The van der Waals surface area contributed by atoms with E-state index >= 15 is 0 Å². The van der Waals surface area contributed by atoms with Crippen molar-refractivity contribution >= 4 is 34.2 Å². The van der Waals surface area contributed by atoms with Crippen LogP contribution in [0.4, 0.5) is 10.1 Å². The number of hydrogen-bond donors (Lipinski definition) is 1. The first-order chi connectivity index (χ1) is 23.3. The third kappa shape index (κ3) is 7.06. The van der Waals surface area contributed by atoms with Crippen molar-refractivity contribution < 1.29 is 18.7 Å². The molecule has 0 spiro atoms. The smallest absolute Gasteiger partial charge is 0.256 e. The topological polar surface area (TPSA) is 94.4 Å². The fourth-order valence-corrected chi connectivity index (χ4v) is 6.74. The number of ether oxygens (including phenoxy) is 2. The van der Waals surface area contributed by atoms with Crippen LogP contribution in [-0.2, 0) is 24.4 Å². The Kier molecular flexibility index (Phi) is 9.39. The maximum absolute atomic E-state index is 14.2. The van der Waals surface area contributed by atoms with Crippen molar-refractivity contribution in [1.29, 1.82) is 0 Å². The lowest BCUT2D eigenvalue weighted by Gasteiger charge is -2.32. The van der Waals surface area contributed by atoms with E-state index in [1.165, 1.54) is 6.07 Å². The maximum Gasteiger partial charge on any atom is 0.256 e. The molecule has 5 aromatic rings. The number of hydrogen-bond acceptors (Lipinski definition) is 7. The molecule has 48 heavy (non-hydrogen) atoms. The number of pyridine rings is 2. The van der Waals surface area contributed by atoms with E-state index in [1.54, 1.807) is 30.6 Å². The van der Waals surface area contributed by atoms with E-state index in [-0.39, 0.29) is 18.6 Å². The Morgan fingerprint density at radius 1 is 1.04 bits per heavy atom. The van der Waals surface area contributed by atoms with Crippen LogP contribution in [0.2, 0.25) is 5.02 Å². The number of carbonyl (C=O) groups excluding carboxylic acids is 1. The summed E-state index contributed by atoms with van der Waals surface area (Å²) in [5, 5.41) is 3.42. The van der Waals surface area contributed by atoms with Crippen molar-refractivity contribution in [2.75, 3.05) is 25.0 Å². The van der Waals surface area contributed by atoms with Gasteiger partial charge in [0.05, 0.1) is 30.2 Å². The van der Waals surface area contributed by atoms with Crippen LogP contribution >= 0.6 is 11.6 Å². The number of carbonyl (C=O) groups is 1. The zero-order valence-electron chi connectivity index (χ0n) is 27.1. The molecule has 1 unspecified atom stereocenters. The molecule has 11 heteroatoms. The van der Waals surface area contributed by atoms with Crippen molar-refractivity contribution in [3.63, 3.8) is 0 Å². The number of likely N-dealkylation sites (tertiary alicyclic amines) is 1. The van der Waals surface area contributed by atoms with Gasteiger partial charge in [-0.05, 0) is 93.7 Å². The SMILES string of the molecule is Cc1cncc(C)c1C(=O)Nc1ccc2c(c1)nc(CN1CCC(c3cccc(OCc4ccc(Cl)cc4F)n3)CC1)n2CC1CCO1. The Labute approximate surface area is 284 Å². The van der Waals surface area contributed by atoms with Crippen molar-refractivity contribution in [2.24, 2.45) is 0 Å². The molecule has 2 aromatic carbocycles. The highest BCUT2D eigenvalue weighted by Crippen LogP contribution is 2.30. The highest BCUT2D eigenvalue weighted by molar-refractivity contribution is 6.30. The number of nitrogens with zero attached hydrogens (tertiary/aromatic N) is 5. The van der Waals surface area contributed by atoms with E-state index in [4.69, 9.17) is 31.0 Å². The minimum Gasteiger partial charge on any atom is -0.473 e. The third-order valence-corrected chi connectivity index (χ3v) is 9.56. The van der Waals surface area contributed by atoms with E-state index in [0.29, 0.717) is 40.2 Å². The summed E-state index contributed by atoms with van der Waals surface area (Å²) in [5.74, 6) is 1.24. The van der Waals surface area contributed by atoms with Crippen LogP contribution in [0.25, 0.3) is 11.0 Å². The third-order valence-electron chi connectivity index (χ3n) is 9.32. The number of anilines is 1. The Bertz CT molecular complexity index is 1930. The lowest BCUT2D eigenvalue weighted by Crippen LogP contribution is -2.35. The zero-order chi connectivity index (χ0) is 33.2. The van der Waals surface area contributed by atoms with Gasteiger partial charge in [0.1, 0.15) is 18.2 Å². The summed E-state index contributed by atoms with van der Waals surface area (Å²) in [6, 6.07) is 16.3. The van der Waals surface area contributed by atoms with E-state index < -0.39 is 5.82 Å². The highest BCUT2D eigenvalue weighted by atomic mass is 35.5. The second-order valence-corrected chi connectivity index (χ2v) is 13.1. The molecule has 2 aliphatic heterocycles. The first-order valence-electron chi connectivity index (χ1n) is 16.4. The molecule has 2 aliphatic rings. The second kappa shape index (κ2) is 14.0. The quantitative estimate of drug-likeness (QED) is 0.168. The molecular weight excluding hydrogens is 631 g/mol. The van der Waals surface area contributed by atoms with Crippen LogP contribution in [-0.4, -0.2) is 56.1 Å². The zero-order valence-corrected chi connectivity index (χ0v) is 27.8. The van der Waals surface area contributed by atoms with Crippen LogP contribution in [0.3, 0.4) is 0 Å². The number of rotatable bonds is 10. The van der Waals surface area contributed by atoms with E-state index in [1.807, 2.05) is 44.2 Å². The van der Waals surface area contributed by atoms with E-state index in [9.17, 15) is 9.18 Å². The summed E-state index contributed by atoms with van der Waals surface area (Å²) in [6.07, 6.45) is 6.55. The summed E-state index contributed by atoms with van der Waals surface area (Å²) in [6.45, 7) is 7.95. The molecule has 3 aromatic heterocycles. The lowest BCUT2D eigenvalue weighted by atomic mass is 9.93. The van der Waals surface area contributed by atoms with Crippen molar-refractivity contribution in [3.8, 4) is 5.88 Å². The van der Waals surface area contributed by atoms with Gasteiger partial charge in [0.25, 0.3) is 5.91 Å². The number of piperidine rings is 1. The molecular formula is C37H38ClFN6O3. The molecule has 0 radical (unpaired) electrons.